The second kappa shape index (κ2) is 10.5. The van der Waals surface area contributed by atoms with Crippen LogP contribution in [0.15, 0.2) is 36.8 Å². The van der Waals surface area contributed by atoms with Gasteiger partial charge in [0.1, 0.15) is 6.33 Å². The van der Waals surface area contributed by atoms with E-state index in [1.54, 1.807) is 13.0 Å². The minimum absolute atomic E-state index is 0.228. The second-order valence-corrected chi connectivity index (χ2v) is 6.07. The van der Waals surface area contributed by atoms with Gasteiger partial charge in [0.05, 0.1) is 11.2 Å². The number of hydrogen-bond donors (Lipinski definition) is 2. The summed E-state index contributed by atoms with van der Waals surface area (Å²) in [4.78, 5) is 26.9. The molecule has 2 N–H and O–H groups in total. The van der Waals surface area contributed by atoms with Crippen molar-refractivity contribution in [3.8, 4) is 0 Å². The Morgan fingerprint density at radius 2 is 2.21 bits per heavy atom. The van der Waals surface area contributed by atoms with E-state index in [-0.39, 0.29) is 5.91 Å². The third kappa shape index (κ3) is 7.30. The van der Waals surface area contributed by atoms with Crippen molar-refractivity contribution in [2.45, 2.75) is 13.3 Å². The molecule has 0 bridgehead atoms. The molecule has 1 aromatic heterocycles. The number of nitrogens with one attached hydrogen (secondary N) is 2. The summed E-state index contributed by atoms with van der Waals surface area (Å²) < 4.78 is 0. The van der Waals surface area contributed by atoms with Crippen LogP contribution >= 0.6 is 11.3 Å². The number of rotatable bonds is 8. The number of amides is 1. The van der Waals surface area contributed by atoms with Crippen molar-refractivity contribution in [3.05, 3.63) is 47.5 Å². The zero-order valence-corrected chi connectivity index (χ0v) is 15.2. The largest absolute Gasteiger partial charge is 0.350 e. The Morgan fingerprint density at radius 3 is 2.88 bits per heavy atom. The third-order valence-electron chi connectivity index (χ3n) is 2.88. The van der Waals surface area contributed by atoms with Crippen molar-refractivity contribution in [1.29, 1.82) is 0 Å². The molecule has 1 aromatic rings. The van der Waals surface area contributed by atoms with Gasteiger partial charge in [-0.05, 0) is 40.1 Å². The molecule has 7 nitrogen and oxygen atoms in total. The molecule has 0 unspecified atom stereocenters. The zero-order valence-electron chi connectivity index (χ0n) is 14.4. The van der Waals surface area contributed by atoms with E-state index < -0.39 is 0 Å². The topological polar surface area (TPSA) is 83.0 Å². The minimum atomic E-state index is -0.228. The van der Waals surface area contributed by atoms with Gasteiger partial charge >= 0.3 is 0 Å². The molecule has 24 heavy (non-hydrogen) atoms. The predicted octanol–water partition coefficient (Wildman–Crippen LogP) is 2.16. The highest BCUT2D eigenvalue weighted by molar-refractivity contribution is 7.11. The molecule has 8 heteroatoms. The highest BCUT2D eigenvalue weighted by Crippen LogP contribution is 2.10. The van der Waals surface area contributed by atoms with Crippen LogP contribution in [0.1, 0.15) is 21.9 Å². The predicted molar refractivity (Wildman–Crippen MR) is 98.5 cm³/mol. The Morgan fingerprint density at radius 1 is 1.46 bits per heavy atom. The van der Waals surface area contributed by atoms with Gasteiger partial charge in [0, 0.05) is 12.2 Å². The summed E-state index contributed by atoms with van der Waals surface area (Å²) in [7, 11) is 3.99. The van der Waals surface area contributed by atoms with E-state index in [1.807, 2.05) is 14.1 Å². The van der Waals surface area contributed by atoms with Crippen molar-refractivity contribution in [2.75, 3.05) is 32.5 Å². The van der Waals surface area contributed by atoms with Crippen LogP contribution in [-0.2, 0) is 0 Å². The molecule has 0 saturated carbocycles. The second-order valence-electron chi connectivity index (χ2n) is 5.23. The van der Waals surface area contributed by atoms with Crippen LogP contribution in [0, 0.1) is 6.92 Å². The lowest BCUT2D eigenvalue weighted by Crippen LogP contribution is -2.27. The lowest BCUT2D eigenvalue weighted by Gasteiger charge is -2.09. The Labute approximate surface area is 146 Å². The Balaban J connectivity index is 2.96. The first-order valence-electron chi connectivity index (χ1n) is 7.45. The molecule has 0 fully saturated rings. The Hall–Kier alpha value is -2.32. The molecule has 0 aliphatic heterocycles. The molecule has 0 aliphatic carbocycles. The van der Waals surface area contributed by atoms with Crippen molar-refractivity contribution >= 4 is 23.1 Å². The number of anilines is 1. The maximum absolute atomic E-state index is 12.3. The molecule has 1 heterocycles. The van der Waals surface area contributed by atoms with Gasteiger partial charge in [0.25, 0.3) is 5.91 Å². The van der Waals surface area contributed by atoms with Gasteiger partial charge < -0.3 is 15.5 Å². The average Bonchev–Trinajstić information content (AvgIpc) is 2.63. The quantitative estimate of drug-likeness (QED) is 0.553. The van der Waals surface area contributed by atoms with Crippen LogP contribution in [0.3, 0.4) is 0 Å². The van der Waals surface area contributed by atoms with E-state index in [1.165, 1.54) is 11.8 Å². The summed E-state index contributed by atoms with van der Waals surface area (Å²) in [6.45, 7) is 10.7. The fourth-order valence-corrected chi connectivity index (χ4v) is 2.21. The van der Waals surface area contributed by atoms with Gasteiger partial charge in [-0.2, -0.15) is 0 Å². The highest BCUT2D eigenvalue weighted by atomic mass is 32.1. The van der Waals surface area contributed by atoms with Gasteiger partial charge in [-0.15, -0.1) is 0 Å². The zero-order chi connectivity index (χ0) is 17.9. The number of aromatic nitrogens is 3. The van der Waals surface area contributed by atoms with Gasteiger partial charge in [-0.25, -0.2) is 15.0 Å². The van der Waals surface area contributed by atoms with Gasteiger partial charge in [0.15, 0.2) is 10.8 Å². The number of carbonyl (C=O) groups excluding carboxylic acids is 1. The van der Waals surface area contributed by atoms with Gasteiger partial charge in [-0.1, -0.05) is 24.5 Å². The Bertz CT molecular complexity index is 639. The fraction of sp³-hybridized carbons (Fsp3) is 0.375. The summed E-state index contributed by atoms with van der Waals surface area (Å²) in [6.07, 6.45) is 3.83. The molecule has 0 radical (unpaired) electrons. The highest BCUT2D eigenvalue weighted by Gasteiger charge is 2.08. The van der Waals surface area contributed by atoms with E-state index in [0.717, 1.165) is 24.3 Å². The van der Waals surface area contributed by atoms with Crippen LogP contribution in [0.2, 0.25) is 0 Å². The first-order chi connectivity index (χ1) is 11.4. The molecule has 0 aromatic carbocycles. The van der Waals surface area contributed by atoms with E-state index in [2.05, 4.69) is 43.6 Å². The number of carbonyl (C=O) groups is 1. The fourth-order valence-electron chi connectivity index (χ4n) is 1.63. The van der Waals surface area contributed by atoms with E-state index in [0.29, 0.717) is 28.8 Å². The van der Waals surface area contributed by atoms with Crippen LogP contribution in [-0.4, -0.2) is 52.9 Å². The maximum atomic E-state index is 12.3. The van der Waals surface area contributed by atoms with Crippen molar-refractivity contribution in [2.24, 2.45) is 0 Å². The molecule has 0 aliphatic rings. The summed E-state index contributed by atoms with van der Waals surface area (Å²) in [5, 5.41) is 6.16. The molecule has 130 valence electrons. The summed E-state index contributed by atoms with van der Waals surface area (Å²) in [5.41, 5.74) is 2.67. The first kappa shape index (κ1) is 19.7. The van der Waals surface area contributed by atoms with Crippen LogP contribution in [0.4, 0.5) is 5.82 Å². The number of nitrogens with zero attached hydrogens (tertiary/aromatic N) is 4. The van der Waals surface area contributed by atoms with E-state index in [4.69, 9.17) is 0 Å². The molecule has 0 spiro atoms. The maximum Gasteiger partial charge on any atom is 0.280 e. The Kier molecular flexibility index (Phi) is 8.59. The van der Waals surface area contributed by atoms with Gasteiger partial charge in [0.2, 0.25) is 0 Å². The minimum Gasteiger partial charge on any atom is -0.350 e. The summed E-state index contributed by atoms with van der Waals surface area (Å²) in [5.74, 6) is 0.241. The standard InChI is InChI=1S/C16H24N6OS/c1-6-12(2)20-14-13(3)21-16(24-11-17-10-19-14)15(23)18-8-7-9-22(4)5/h6,10-11,20H,1-2,7-9H2,3-5H3,(H,18,23). The van der Waals surface area contributed by atoms with Crippen molar-refractivity contribution in [3.63, 3.8) is 0 Å². The summed E-state index contributed by atoms with van der Waals surface area (Å²) in [6, 6.07) is 0. The lowest BCUT2D eigenvalue weighted by molar-refractivity contribution is 0.0951. The molecule has 0 atom stereocenters. The molecular weight excluding hydrogens is 324 g/mol. The average molecular weight is 348 g/mol. The molecule has 1 amide bonds. The van der Waals surface area contributed by atoms with Crippen LogP contribution in [0.5, 0.6) is 0 Å². The smallest absolute Gasteiger partial charge is 0.280 e. The molecule has 0 saturated heterocycles. The first-order valence-corrected chi connectivity index (χ1v) is 8.33. The van der Waals surface area contributed by atoms with Crippen molar-refractivity contribution < 1.29 is 4.79 Å². The van der Waals surface area contributed by atoms with E-state index in [9.17, 15) is 4.79 Å². The number of aryl methyl sites for hydroxylation is 1. The van der Waals surface area contributed by atoms with Crippen molar-refractivity contribution in [1.82, 2.24) is 25.2 Å². The monoisotopic (exact) mass is 348 g/mol. The third-order valence-corrected chi connectivity index (χ3v) is 3.60. The van der Waals surface area contributed by atoms with Gasteiger partial charge in [-0.3, -0.25) is 4.79 Å². The summed E-state index contributed by atoms with van der Waals surface area (Å²) >= 11 is 1.15. The lowest BCUT2D eigenvalue weighted by atomic mass is 10.4. The molecular formula is C16H24N6OS. The number of allylic oxidation sites excluding steroid dienone is 1. The van der Waals surface area contributed by atoms with E-state index >= 15 is 0 Å². The SMILES string of the molecule is C=CC(=C)Nc1ncncsc(C(=O)NCCCN(C)C)nc1C. The van der Waals surface area contributed by atoms with Crippen LogP contribution in [0.25, 0.3) is 0 Å². The van der Waals surface area contributed by atoms with Crippen LogP contribution < -0.4 is 10.6 Å². The number of hydrogen-bond acceptors (Lipinski definition) is 7. The normalized spacial score (nSPS) is 10.0. The molecule has 1 rings (SSSR count).